The lowest BCUT2D eigenvalue weighted by atomic mass is 10.1. The summed E-state index contributed by atoms with van der Waals surface area (Å²) in [7, 11) is 0. The smallest absolute Gasteiger partial charge is 0.0489 e. The zero-order chi connectivity index (χ0) is 12.5. The van der Waals surface area contributed by atoms with Crippen LogP contribution in [0.4, 0.5) is 0 Å². The van der Waals surface area contributed by atoms with Gasteiger partial charge in [-0.25, -0.2) is 0 Å². The number of hydrogen-bond donors (Lipinski definition) is 1. The van der Waals surface area contributed by atoms with Crippen LogP contribution in [0.25, 0.3) is 0 Å². The second-order valence-electron chi connectivity index (χ2n) is 5.50. The summed E-state index contributed by atoms with van der Waals surface area (Å²) >= 11 is 0. The van der Waals surface area contributed by atoms with Crippen molar-refractivity contribution in [3.05, 3.63) is 0 Å². The summed E-state index contributed by atoms with van der Waals surface area (Å²) in [5, 5.41) is 3.54. The van der Waals surface area contributed by atoms with Crippen LogP contribution in [0, 0.1) is 5.92 Å². The lowest BCUT2D eigenvalue weighted by Crippen LogP contribution is -2.42. The molecule has 0 aromatic rings. The fourth-order valence-corrected chi connectivity index (χ4v) is 2.36. The summed E-state index contributed by atoms with van der Waals surface area (Å²) in [5.41, 5.74) is 0. The molecule has 0 unspecified atom stereocenters. The standard InChI is InChI=1S/C14H30N2O/c1-4-15-14-6-9-16(10-7-14)8-5-11-17-12-13(2)3/h13-15H,4-12H2,1-3H3. The lowest BCUT2D eigenvalue weighted by molar-refractivity contribution is 0.0951. The van der Waals surface area contributed by atoms with Gasteiger partial charge in [0.05, 0.1) is 0 Å². The molecule has 1 saturated heterocycles. The molecule has 102 valence electrons. The van der Waals surface area contributed by atoms with Crippen LogP contribution >= 0.6 is 0 Å². The van der Waals surface area contributed by atoms with Crippen molar-refractivity contribution in [3.8, 4) is 0 Å². The fourth-order valence-electron chi connectivity index (χ4n) is 2.36. The van der Waals surface area contributed by atoms with E-state index in [2.05, 4.69) is 31.0 Å². The predicted octanol–water partition coefficient (Wildman–Crippen LogP) is 2.12. The van der Waals surface area contributed by atoms with E-state index in [0.29, 0.717) is 5.92 Å². The van der Waals surface area contributed by atoms with Crippen LogP contribution in [0.3, 0.4) is 0 Å². The van der Waals surface area contributed by atoms with Crippen molar-refractivity contribution < 1.29 is 4.74 Å². The zero-order valence-corrected chi connectivity index (χ0v) is 11.9. The molecule has 17 heavy (non-hydrogen) atoms. The van der Waals surface area contributed by atoms with Gasteiger partial charge in [-0.1, -0.05) is 20.8 Å². The maximum Gasteiger partial charge on any atom is 0.0489 e. The summed E-state index contributed by atoms with van der Waals surface area (Å²) in [6.07, 6.45) is 3.79. The van der Waals surface area contributed by atoms with Crippen molar-refractivity contribution in [3.63, 3.8) is 0 Å². The van der Waals surface area contributed by atoms with Gasteiger partial charge in [0.2, 0.25) is 0 Å². The van der Waals surface area contributed by atoms with Crippen LogP contribution in [0.5, 0.6) is 0 Å². The quantitative estimate of drug-likeness (QED) is 0.660. The van der Waals surface area contributed by atoms with Gasteiger partial charge < -0.3 is 15.0 Å². The Balaban J connectivity index is 1.95. The Morgan fingerprint density at radius 1 is 1.29 bits per heavy atom. The normalized spacial score (nSPS) is 19.1. The van der Waals surface area contributed by atoms with Gasteiger partial charge in [0.25, 0.3) is 0 Å². The molecule has 1 fully saturated rings. The first-order valence-corrected chi connectivity index (χ1v) is 7.25. The van der Waals surface area contributed by atoms with E-state index in [9.17, 15) is 0 Å². The van der Waals surface area contributed by atoms with E-state index in [1.54, 1.807) is 0 Å². The third-order valence-electron chi connectivity index (χ3n) is 3.29. The molecule has 1 aliphatic heterocycles. The molecular formula is C14H30N2O. The molecule has 0 aliphatic carbocycles. The van der Waals surface area contributed by atoms with Gasteiger partial charge in [-0.15, -0.1) is 0 Å². The van der Waals surface area contributed by atoms with E-state index in [4.69, 9.17) is 4.74 Å². The van der Waals surface area contributed by atoms with E-state index >= 15 is 0 Å². The highest BCUT2D eigenvalue weighted by atomic mass is 16.5. The monoisotopic (exact) mass is 242 g/mol. The average Bonchev–Trinajstić information content (AvgIpc) is 2.31. The van der Waals surface area contributed by atoms with E-state index in [-0.39, 0.29) is 0 Å². The van der Waals surface area contributed by atoms with Crippen molar-refractivity contribution in [2.45, 2.75) is 46.1 Å². The lowest BCUT2D eigenvalue weighted by Gasteiger charge is -2.32. The largest absolute Gasteiger partial charge is 0.381 e. The number of rotatable bonds is 8. The predicted molar refractivity (Wildman–Crippen MR) is 73.4 cm³/mol. The Labute approximate surface area is 107 Å². The van der Waals surface area contributed by atoms with E-state index in [0.717, 1.165) is 25.8 Å². The van der Waals surface area contributed by atoms with Crippen LogP contribution in [-0.4, -0.2) is 50.3 Å². The minimum Gasteiger partial charge on any atom is -0.381 e. The van der Waals surface area contributed by atoms with Gasteiger partial charge in [-0.2, -0.15) is 0 Å². The molecule has 0 saturated carbocycles. The molecule has 1 heterocycles. The molecule has 0 aromatic heterocycles. The first-order chi connectivity index (χ1) is 8.22. The number of likely N-dealkylation sites (tertiary alicyclic amines) is 1. The molecule has 0 spiro atoms. The number of nitrogens with one attached hydrogen (secondary N) is 1. The van der Waals surface area contributed by atoms with Crippen molar-refractivity contribution in [2.24, 2.45) is 5.92 Å². The third kappa shape index (κ3) is 7.02. The molecule has 0 radical (unpaired) electrons. The van der Waals surface area contributed by atoms with Crippen LogP contribution in [0.2, 0.25) is 0 Å². The molecule has 0 amide bonds. The SMILES string of the molecule is CCNC1CCN(CCCOCC(C)C)CC1. The highest BCUT2D eigenvalue weighted by Gasteiger charge is 2.17. The molecule has 1 rings (SSSR count). The Morgan fingerprint density at radius 3 is 2.59 bits per heavy atom. The number of ether oxygens (including phenoxy) is 1. The fraction of sp³-hybridized carbons (Fsp3) is 1.00. The summed E-state index contributed by atoms with van der Waals surface area (Å²) in [6, 6.07) is 0.758. The molecular weight excluding hydrogens is 212 g/mol. The molecule has 3 nitrogen and oxygen atoms in total. The van der Waals surface area contributed by atoms with Gasteiger partial charge in [-0.3, -0.25) is 0 Å². The van der Waals surface area contributed by atoms with Crippen LogP contribution < -0.4 is 5.32 Å². The first-order valence-electron chi connectivity index (χ1n) is 7.25. The Kier molecular flexibility index (Phi) is 7.82. The highest BCUT2D eigenvalue weighted by molar-refractivity contribution is 4.76. The zero-order valence-electron chi connectivity index (χ0n) is 11.9. The molecule has 0 bridgehead atoms. The minimum atomic E-state index is 0.658. The number of nitrogens with zero attached hydrogens (tertiary/aromatic N) is 1. The van der Waals surface area contributed by atoms with Crippen LogP contribution in [0.15, 0.2) is 0 Å². The molecule has 1 aliphatic rings. The highest BCUT2D eigenvalue weighted by Crippen LogP contribution is 2.10. The second kappa shape index (κ2) is 8.90. The third-order valence-corrected chi connectivity index (χ3v) is 3.29. The van der Waals surface area contributed by atoms with Crippen molar-refractivity contribution in [1.82, 2.24) is 10.2 Å². The first kappa shape index (κ1) is 14.9. The van der Waals surface area contributed by atoms with Gasteiger partial charge in [-0.05, 0) is 44.8 Å². The topological polar surface area (TPSA) is 24.5 Å². The van der Waals surface area contributed by atoms with Crippen LogP contribution in [0.1, 0.15) is 40.0 Å². The Morgan fingerprint density at radius 2 is 2.00 bits per heavy atom. The molecule has 0 atom stereocenters. The maximum atomic E-state index is 5.61. The summed E-state index contributed by atoms with van der Waals surface area (Å²) in [6.45, 7) is 13.2. The number of hydrogen-bond acceptors (Lipinski definition) is 3. The van der Waals surface area contributed by atoms with Gasteiger partial charge in [0.1, 0.15) is 0 Å². The average molecular weight is 242 g/mol. The van der Waals surface area contributed by atoms with E-state index < -0.39 is 0 Å². The second-order valence-corrected chi connectivity index (χ2v) is 5.50. The molecule has 1 N–H and O–H groups in total. The van der Waals surface area contributed by atoms with Gasteiger partial charge in [0.15, 0.2) is 0 Å². The Hall–Kier alpha value is -0.120. The van der Waals surface area contributed by atoms with Crippen molar-refractivity contribution in [1.29, 1.82) is 0 Å². The summed E-state index contributed by atoms with van der Waals surface area (Å²) in [5.74, 6) is 0.658. The molecule has 3 heteroatoms. The van der Waals surface area contributed by atoms with E-state index in [1.807, 2.05) is 0 Å². The number of piperidine rings is 1. The summed E-state index contributed by atoms with van der Waals surface area (Å²) < 4.78 is 5.61. The van der Waals surface area contributed by atoms with Crippen LogP contribution in [-0.2, 0) is 4.74 Å². The summed E-state index contributed by atoms with van der Waals surface area (Å²) in [4.78, 5) is 2.58. The maximum absolute atomic E-state index is 5.61. The minimum absolute atomic E-state index is 0.658. The van der Waals surface area contributed by atoms with Crippen molar-refractivity contribution in [2.75, 3.05) is 39.4 Å². The molecule has 0 aromatic carbocycles. The van der Waals surface area contributed by atoms with E-state index in [1.165, 1.54) is 38.9 Å². The van der Waals surface area contributed by atoms with Crippen molar-refractivity contribution >= 4 is 0 Å². The Bertz CT molecular complexity index is 177. The van der Waals surface area contributed by atoms with Gasteiger partial charge >= 0.3 is 0 Å². The van der Waals surface area contributed by atoms with Gasteiger partial charge in [0, 0.05) is 25.8 Å².